The molecule has 1 aromatic rings. The van der Waals surface area contributed by atoms with Gasteiger partial charge in [0, 0.05) is 0 Å². The predicted molar refractivity (Wildman–Crippen MR) is 57.7 cm³/mol. The molecule has 1 aromatic heterocycles. The number of amides is 2. The molecule has 0 aliphatic heterocycles. The highest BCUT2D eigenvalue weighted by Crippen LogP contribution is 2.05. The van der Waals surface area contributed by atoms with Crippen molar-refractivity contribution in [2.45, 2.75) is 0 Å². The molecule has 8 heteroatoms. The second kappa shape index (κ2) is 5.99. The zero-order valence-electron chi connectivity index (χ0n) is 8.24. The number of aromatic nitrogens is 2. The average molecular weight is 244 g/mol. The summed E-state index contributed by atoms with van der Waals surface area (Å²) < 4.78 is 0. The van der Waals surface area contributed by atoms with Gasteiger partial charge in [0.25, 0.3) is 0 Å². The summed E-state index contributed by atoms with van der Waals surface area (Å²) in [6, 6.07) is 2.99. The molecule has 16 heavy (non-hydrogen) atoms. The van der Waals surface area contributed by atoms with Gasteiger partial charge in [0.15, 0.2) is 11.0 Å². The molecule has 2 amide bonds. The maximum absolute atomic E-state index is 11.3. The van der Waals surface area contributed by atoms with Crippen LogP contribution in [0.2, 0.25) is 5.15 Å². The summed E-state index contributed by atoms with van der Waals surface area (Å²) in [6.07, 6.45) is 0. The molecule has 0 radical (unpaired) electrons. The number of carbonyl (C=O) groups excluding carboxylic acids is 2. The number of halogens is 1. The van der Waals surface area contributed by atoms with Crippen LogP contribution in [-0.2, 0) is 9.59 Å². The van der Waals surface area contributed by atoms with Gasteiger partial charge in [-0.2, -0.15) is 0 Å². The first kappa shape index (κ1) is 12.3. The SMILES string of the molecule is NCC(=O)NCC(=O)Nc1ccc(Cl)nn1. The summed E-state index contributed by atoms with van der Waals surface area (Å²) in [7, 11) is 0. The molecule has 86 valence electrons. The third-order valence-electron chi connectivity index (χ3n) is 1.53. The third-order valence-corrected chi connectivity index (χ3v) is 1.73. The van der Waals surface area contributed by atoms with Crippen molar-refractivity contribution < 1.29 is 9.59 Å². The van der Waals surface area contributed by atoms with E-state index < -0.39 is 11.8 Å². The van der Waals surface area contributed by atoms with E-state index in [2.05, 4.69) is 20.8 Å². The number of nitrogens with two attached hydrogens (primary N) is 1. The van der Waals surface area contributed by atoms with E-state index in [9.17, 15) is 9.59 Å². The third kappa shape index (κ3) is 4.20. The fourth-order valence-electron chi connectivity index (χ4n) is 0.821. The molecule has 0 fully saturated rings. The summed E-state index contributed by atoms with van der Waals surface area (Å²) in [5.41, 5.74) is 5.05. The first-order valence-corrected chi connectivity index (χ1v) is 4.75. The van der Waals surface area contributed by atoms with Gasteiger partial charge in [-0.25, -0.2) is 0 Å². The number of nitrogens with zero attached hydrogens (tertiary/aromatic N) is 2. The van der Waals surface area contributed by atoms with Gasteiger partial charge in [-0.15, -0.1) is 10.2 Å². The van der Waals surface area contributed by atoms with Crippen LogP contribution >= 0.6 is 11.6 Å². The minimum absolute atomic E-state index is 0.159. The van der Waals surface area contributed by atoms with Crippen LogP contribution in [-0.4, -0.2) is 35.1 Å². The lowest BCUT2D eigenvalue weighted by molar-refractivity contribution is -0.123. The highest BCUT2D eigenvalue weighted by Gasteiger charge is 2.05. The Kier molecular flexibility index (Phi) is 4.62. The van der Waals surface area contributed by atoms with Gasteiger partial charge >= 0.3 is 0 Å². The smallest absolute Gasteiger partial charge is 0.244 e. The van der Waals surface area contributed by atoms with Crippen LogP contribution in [0.15, 0.2) is 12.1 Å². The molecule has 1 rings (SSSR count). The monoisotopic (exact) mass is 243 g/mol. The standard InChI is InChI=1S/C8H10ClN5O2/c9-5-1-2-6(14-13-5)12-8(16)4-11-7(15)3-10/h1-2H,3-4,10H2,(H,11,15)(H,12,14,16). The second-order valence-electron chi connectivity index (χ2n) is 2.77. The van der Waals surface area contributed by atoms with Crippen molar-refractivity contribution >= 4 is 29.2 Å². The van der Waals surface area contributed by atoms with E-state index in [1.807, 2.05) is 0 Å². The van der Waals surface area contributed by atoms with Crippen molar-refractivity contribution in [1.82, 2.24) is 15.5 Å². The largest absolute Gasteiger partial charge is 0.346 e. The lowest BCUT2D eigenvalue weighted by Gasteiger charge is -2.04. The van der Waals surface area contributed by atoms with Crippen molar-refractivity contribution in [2.75, 3.05) is 18.4 Å². The van der Waals surface area contributed by atoms with Crippen LogP contribution in [0.5, 0.6) is 0 Å². The van der Waals surface area contributed by atoms with Gasteiger partial charge in [0.1, 0.15) is 0 Å². The van der Waals surface area contributed by atoms with Crippen LogP contribution < -0.4 is 16.4 Å². The van der Waals surface area contributed by atoms with Gasteiger partial charge in [-0.1, -0.05) is 11.6 Å². The van der Waals surface area contributed by atoms with Gasteiger partial charge in [-0.05, 0) is 12.1 Å². The summed E-state index contributed by atoms with van der Waals surface area (Å²) in [5.74, 6) is -0.563. The Morgan fingerprint density at radius 1 is 1.31 bits per heavy atom. The van der Waals surface area contributed by atoms with Crippen LogP contribution in [0.1, 0.15) is 0 Å². The fraction of sp³-hybridized carbons (Fsp3) is 0.250. The number of carbonyl (C=O) groups is 2. The minimum Gasteiger partial charge on any atom is -0.346 e. The Balaban J connectivity index is 2.40. The molecule has 0 bridgehead atoms. The maximum Gasteiger partial charge on any atom is 0.244 e. The van der Waals surface area contributed by atoms with Crippen LogP contribution in [0.3, 0.4) is 0 Å². The fourth-order valence-corrected chi connectivity index (χ4v) is 0.922. The number of rotatable bonds is 4. The first-order valence-electron chi connectivity index (χ1n) is 4.37. The maximum atomic E-state index is 11.3. The van der Waals surface area contributed by atoms with Gasteiger partial charge in [0.05, 0.1) is 13.1 Å². The second-order valence-corrected chi connectivity index (χ2v) is 3.16. The summed E-state index contributed by atoms with van der Waals surface area (Å²) >= 11 is 5.51. The van der Waals surface area contributed by atoms with E-state index in [4.69, 9.17) is 17.3 Å². The Hall–Kier alpha value is -1.73. The zero-order valence-corrected chi connectivity index (χ0v) is 8.99. The number of nitrogens with one attached hydrogen (secondary N) is 2. The van der Waals surface area contributed by atoms with E-state index in [1.165, 1.54) is 12.1 Å². The minimum atomic E-state index is -0.418. The first-order chi connectivity index (χ1) is 7.61. The lowest BCUT2D eigenvalue weighted by Crippen LogP contribution is -2.36. The van der Waals surface area contributed by atoms with E-state index in [-0.39, 0.29) is 24.1 Å². The number of anilines is 1. The molecule has 0 unspecified atom stereocenters. The van der Waals surface area contributed by atoms with Crippen LogP contribution in [0.25, 0.3) is 0 Å². The van der Waals surface area contributed by atoms with E-state index in [0.717, 1.165) is 0 Å². The topological polar surface area (TPSA) is 110 Å². The molecule has 7 nitrogen and oxygen atoms in total. The highest BCUT2D eigenvalue weighted by molar-refractivity contribution is 6.29. The molecule has 0 aliphatic carbocycles. The summed E-state index contributed by atoms with van der Waals surface area (Å²) in [4.78, 5) is 22.0. The van der Waals surface area contributed by atoms with Crippen molar-refractivity contribution in [3.63, 3.8) is 0 Å². The summed E-state index contributed by atoms with van der Waals surface area (Å²) in [5, 5.41) is 12.1. The predicted octanol–water partition coefficient (Wildman–Crippen LogP) is -0.857. The number of hydrogen-bond acceptors (Lipinski definition) is 5. The molecule has 1 heterocycles. The van der Waals surface area contributed by atoms with E-state index in [1.54, 1.807) is 0 Å². The van der Waals surface area contributed by atoms with Crippen LogP contribution in [0, 0.1) is 0 Å². The van der Waals surface area contributed by atoms with Crippen molar-refractivity contribution in [2.24, 2.45) is 5.73 Å². The van der Waals surface area contributed by atoms with Crippen molar-refractivity contribution in [1.29, 1.82) is 0 Å². The Morgan fingerprint density at radius 2 is 2.06 bits per heavy atom. The van der Waals surface area contributed by atoms with Gasteiger partial charge in [-0.3, -0.25) is 9.59 Å². The molecule has 0 atom stereocenters. The molecule has 0 aromatic carbocycles. The molecule has 4 N–H and O–H groups in total. The Morgan fingerprint density at radius 3 is 2.62 bits per heavy atom. The van der Waals surface area contributed by atoms with Crippen LogP contribution in [0.4, 0.5) is 5.82 Å². The van der Waals surface area contributed by atoms with Crippen molar-refractivity contribution in [3.05, 3.63) is 17.3 Å². The van der Waals surface area contributed by atoms with Crippen molar-refractivity contribution in [3.8, 4) is 0 Å². The number of hydrogen-bond donors (Lipinski definition) is 3. The van der Waals surface area contributed by atoms with E-state index in [0.29, 0.717) is 0 Å². The quantitative estimate of drug-likeness (QED) is 0.638. The molecular formula is C8H10ClN5O2. The molecule has 0 saturated heterocycles. The molecule has 0 spiro atoms. The normalized spacial score (nSPS) is 9.62. The molecule has 0 saturated carbocycles. The zero-order chi connectivity index (χ0) is 12.0. The molecular weight excluding hydrogens is 234 g/mol. The van der Waals surface area contributed by atoms with Gasteiger partial charge < -0.3 is 16.4 Å². The highest BCUT2D eigenvalue weighted by atomic mass is 35.5. The van der Waals surface area contributed by atoms with E-state index >= 15 is 0 Å². The average Bonchev–Trinajstić information content (AvgIpc) is 2.29. The summed E-state index contributed by atoms with van der Waals surface area (Å²) in [6.45, 7) is -0.325. The molecule has 0 aliphatic rings. The Bertz CT molecular complexity index is 381. The van der Waals surface area contributed by atoms with Gasteiger partial charge in [0.2, 0.25) is 11.8 Å². The lowest BCUT2D eigenvalue weighted by atomic mass is 10.5. The Labute approximate surface area is 96.4 Å².